The summed E-state index contributed by atoms with van der Waals surface area (Å²) >= 11 is 7.44. The fraction of sp³-hybridized carbons (Fsp3) is 0.600. The maximum absolute atomic E-state index is 12.9. The fourth-order valence-corrected chi connectivity index (χ4v) is 4.36. The van der Waals surface area contributed by atoms with E-state index in [1.165, 1.54) is 11.8 Å². The van der Waals surface area contributed by atoms with Gasteiger partial charge < -0.3 is 15.1 Å². The van der Waals surface area contributed by atoms with Crippen LogP contribution in [-0.2, 0) is 9.59 Å². The molecule has 1 aliphatic heterocycles. The summed E-state index contributed by atoms with van der Waals surface area (Å²) in [4.78, 5) is 30.6. The molecular weight excluding hydrogens is 382 g/mol. The average molecular weight is 412 g/mol. The Morgan fingerprint density at radius 2 is 1.96 bits per heavy atom. The number of halogens is 1. The summed E-state index contributed by atoms with van der Waals surface area (Å²) in [6.45, 7) is 12.7. The maximum Gasteiger partial charge on any atom is 0.238 e. The monoisotopic (exact) mass is 411 g/mol. The molecule has 1 unspecified atom stereocenters. The predicted molar refractivity (Wildman–Crippen MR) is 114 cm³/mol. The van der Waals surface area contributed by atoms with E-state index in [1.807, 2.05) is 11.0 Å². The number of carbonyl (C=O) groups is 2. The minimum atomic E-state index is -0.408. The lowest BCUT2D eigenvalue weighted by atomic mass is 10.1. The molecule has 2 amide bonds. The smallest absolute Gasteiger partial charge is 0.238 e. The lowest BCUT2D eigenvalue weighted by Crippen LogP contribution is -2.43. The van der Waals surface area contributed by atoms with Gasteiger partial charge in [0.25, 0.3) is 0 Å². The molecule has 5 nitrogen and oxygen atoms in total. The third-order valence-corrected chi connectivity index (χ3v) is 6.15. The van der Waals surface area contributed by atoms with Crippen molar-refractivity contribution in [2.75, 3.05) is 38.0 Å². The van der Waals surface area contributed by atoms with Crippen molar-refractivity contribution in [1.82, 2.24) is 9.80 Å². The van der Waals surface area contributed by atoms with Crippen LogP contribution in [0, 0.1) is 5.92 Å². The number of carbonyl (C=O) groups excluding carboxylic acids is 2. The first-order chi connectivity index (χ1) is 12.8. The molecule has 0 radical (unpaired) electrons. The summed E-state index contributed by atoms with van der Waals surface area (Å²) < 4.78 is 0. The summed E-state index contributed by atoms with van der Waals surface area (Å²) in [5.74, 6) is 0.304. The Bertz CT molecular complexity index is 665. The number of benzene rings is 1. The van der Waals surface area contributed by atoms with Crippen LogP contribution < -0.4 is 5.32 Å². The number of nitrogens with zero attached hydrogens (tertiary/aromatic N) is 2. The Balaban J connectivity index is 2.02. The van der Waals surface area contributed by atoms with Gasteiger partial charge in [0.05, 0.1) is 10.9 Å². The van der Waals surface area contributed by atoms with Crippen molar-refractivity contribution in [2.45, 2.75) is 44.3 Å². The van der Waals surface area contributed by atoms with Crippen molar-refractivity contribution in [3.63, 3.8) is 0 Å². The number of likely N-dealkylation sites (N-methyl/N-ethyl adjacent to an activating group) is 1. The van der Waals surface area contributed by atoms with Gasteiger partial charge in [0, 0.05) is 36.0 Å². The Hall–Kier alpha value is -1.24. The molecule has 0 aliphatic carbocycles. The molecule has 0 fully saturated rings. The second kappa shape index (κ2) is 10.3. The number of anilines is 1. The van der Waals surface area contributed by atoms with Gasteiger partial charge in [-0.15, -0.1) is 11.8 Å². The minimum Gasteiger partial charge on any atom is -0.341 e. The van der Waals surface area contributed by atoms with E-state index < -0.39 is 5.25 Å². The second-order valence-electron chi connectivity index (χ2n) is 7.20. The van der Waals surface area contributed by atoms with Gasteiger partial charge in [0.2, 0.25) is 11.8 Å². The molecule has 7 heteroatoms. The van der Waals surface area contributed by atoms with Crippen molar-refractivity contribution >= 4 is 40.9 Å². The molecule has 1 heterocycles. The normalized spacial score (nSPS) is 16.4. The van der Waals surface area contributed by atoms with Gasteiger partial charge >= 0.3 is 0 Å². The van der Waals surface area contributed by atoms with E-state index in [2.05, 4.69) is 37.9 Å². The average Bonchev–Trinajstić information content (AvgIpc) is 2.62. The molecule has 0 saturated carbocycles. The van der Waals surface area contributed by atoms with E-state index in [0.717, 1.165) is 30.2 Å². The molecule has 1 aromatic carbocycles. The summed E-state index contributed by atoms with van der Waals surface area (Å²) in [6, 6.07) is 5.44. The van der Waals surface area contributed by atoms with Gasteiger partial charge in [-0.1, -0.05) is 39.3 Å². The van der Waals surface area contributed by atoms with E-state index in [-0.39, 0.29) is 18.2 Å². The van der Waals surface area contributed by atoms with E-state index in [1.54, 1.807) is 12.1 Å². The largest absolute Gasteiger partial charge is 0.341 e. The Kier molecular flexibility index (Phi) is 8.45. The standard InChI is InChI=1S/C20H30ClN3O2S/c1-5-23(6-2)9-10-24(13-14(3)4)19(25)12-18-20(26)22-16-11-15(21)7-8-17(16)27-18/h7-8,11,14,18H,5-6,9-10,12-13H2,1-4H3,(H,22,26). The summed E-state index contributed by atoms with van der Waals surface area (Å²) in [5.41, 5.74) is 0.724. The van der Waals surface area contributed by atoms with Crippen molar-refractivity contribution in [3.05, 3.63) is 23.2 Å². The molecule has 0 spiro atoms. The van der Waals surface area contributed by atoms with Gasteiger partial charge in [-0.3, -0.25) is 9.59 Å². The lowest BCUT2D eigenvalue weighted by Gasteiger charge is -2.30. The number of hydrogen-bond donors (Lipinski definition) is 1. The molecule has 1 N–H and O–H groups in total. The highest BCUT2D eigenvalue weighted by Gasteiger charge is 2.30. The highest BCUT2D eigenvalue weighted by atomic mass is 35.5. The summed E-state index contributed by atoms with van der Waals surface area (Å²) in [7, 11) is 0. The van der Waals surface area contributed by atoms with Gasteiger partial charge in [0.15, 0.2) is 0 Å². The van der Waals surface area contributed by atoms with Crippen molar-refractivity contribution in [2.24, 2.45) is 5.92 Å². The zero-order chi connectivity index (χ0) is 20.0. The van der Waals surface area contributed by atoms with Gasteiger partial charge in [0.1, 0.15) is 0 Å². The number of hydrogen-bond acceptors (Lipinski definition) is 4. The molecule has 2 rings (SSSR count). The van der Waals surface area contributed by atoms with E-state index in [4.69, 9.17) is 11.6 Å². The predicted octanol–water partition coefficient (Wildman–Crippen LogP) is 3.97. The van der Waals surface area contributed by atoms with Crippen LogP contribution in [-0.4, -0.2) is 59.6 Å². The van der Waals surface area contributed by atoms with Crippen LogP contribution in [0.25, 0.3) is 0 Å². The first-order valence-electron chi connectivity index (χ1n) is 9.61. The van der Waals surface area contributed by atoms with E-state index in [9.17, 15) is 9.59 Å². The zero-order valence-corrected chi connectivity index (χ0v) is 18.2. The Morgan fingerprint density at radius 3 is 2.59 bits per heavy atom. The van der Waals surface area contributed by atoms with Crippen LogP contribution >= 0.6 is 23.4 Å². The first kappa shape index (κ1) is 22.1. The molecule has 0 aromatic heterocycles. The molecule has 1 aromatic rings. The topological polar surface area (TPSA) is 52.6 Å². The molecule has 0 saturated heterocycles. The molecular formula is C20H30ClN3O2S. The van der Waals surface area contributed by atoms with Crippen molar-refractivity contribution in [3.8, 4) is 0 Å². The van der Waals surface area contributed by atoms with Crippen LogP contribution in [0.15, 0.2) is 23.1 Å². The molecule has 1 aliphatic rings. The summed E-state index contributed by atoms with van der Waals surface area (Å²) in [6.07, 6.45) is 0.212. The van der Waals surface area contributed by atoms with Crippen molar-refractivity contribution in [1.29, 1.82) is 0 Å². The zero-order valence-electron chi connectivity index (χ0n) is 16.6. The third kappa shape index (κ3) is 6.40. The highest BCUT2D eigenvalue weighted by Crippen LogP contribution is 2.38. The van der Waals surface area contributed by atoms with E-state index in [0.29, 0.717) is 24.0 Å². The molecule has 27 heavy (non-hydrogen) atoms. The molecule has 150 valence electrons. The van der Waals surface area contributed by atoms with Crippen LogP contribution in [0.5, 0.6) is 0 Å². The number of thioether (sulfide) groups is 1. The van der Waals surface area contributed by atoms with Crippen molar-refractivity contribution < 1.29 is 9.59 Å². The van der Waals surface area contributed by atoms with E-state index >= 15 is 0 Å². The maximum atomic E-state index is 12.9. The molecule has 0 bridgehead atoms. The van der Waals surface area contributed by atoms with Gasteiger partial charge in [-0.05, 0) is 37.2 Å². The Labute approximate surface area is 171 Å². The minimum absolute atomic E-state index is 0.0425. The summed E-state index contributed by atoms with van der Waals surface area (Å²) in [5, 5.41) is 3.06. The fourth-order valence-electron chi connectivity index (χ4n) is 3.11. The van der Waals surface area contributed by atoms with Crippen LogP contribution in [0.1, 0.15) is 34.1 Å². The van der Waals surface area contributed by atoms with Gasteiger partial charge in [-0.25, -0.2) is 0 Å². The number of rotatable bonds is 9. The molecule has 1 atom stereocenters. The quantitative estimate of drug-likeness (QED) is 0.668. The SMILES string of the molecule is CCN(CC)CCN(CC(C)C)C(=O)CC1Sc2ccc(Cl)cc2NC1=O. The Morgan fingerprint density at radius 1 is 1.26 bits per heavy atom. The third-order valence-electron chi connectivity index (χ3n) is 4.64. The number of amides is 2. The number of fused-ring (bicyclic) bond motifs is 1. The van der Waals surface area contributed by atoms with Crippen LogP contribution in [0.4, 0.5) is 5.69 Å². The number of nitrogens with one attached hydrogen (secondary N) is 1. The lowest BCUT2D eigenvalue weighted by molar-refractivity contribution is -0.133. The van der Waals surface area contributed by atoms with Crippen LogP contribution in [0.3, 0.4) is 0 Å². The van der Waals surface area contributed by atoms with Gasteiger partial charge in [-0.2, -0.15) is 0 Å². The highest BCUT2D eigenvalue weighted by molar-refractivity contribution is 8.01. The van der Waals surface area contributed by atoms with Crippen LogP contribution in [0.2, 0.25) is 5.02 Å². The second-order valence-corrected chi connectivity index (χ2v) is 8.88. The first-order valence-corrected chi connectivity index (χ1v) is 10.9.